The number of hydrogen-bond donors (Lipinski definition) is 3. The molecule has 0 aliphatic carbocycles. The summed E-state index contributed by atoms with van der Waals surface area (Å²) in [5.41, 5.74) is -0.654. The van der Waals surface area contributed by atoms with Crippen LogP contribution in [-0.2, 0) is 0 Å². The van der Waals surface area contributed by atoms with Gasteiger partial charge in [0.2, 0.25) is 0 Å². The largest absolute Gasteiger partial charge is 0.388 e. The quantitative estimate of drug-likeness (QED) is 0.239. The lowest BCUT2D eigenvalue weighted by molar-refractivity contribution is 0.0306. The van der Waals surface area contributed by atoms with Crippen molar-refractivity contribution in [3.05, 3.63) is 0 Å². The van der Waals surface area contributed by atoms with E-state index in [0.717, 1.165) is 50.7 Å². The van der Waals surface area contributed by atoms with Crippen molar-refractivity contribution in [1.29, 1.82) is 0 Å². The van der Waals surface area contributed by atoms with Gasteiger partial charge in [-0.25, -0.2) is 0 Å². The van der Waals surface area contributed by atoms with Crippen molar-refractivity contribution in [2.75, 3.05) is 39.3 Å². The molecule has 156 valence electrons. The van der Waals surface area contributed by atoms with E-state index in [4.69, 9.17) is 0 Å². The average molecular weight is 482 g/mol. The molecule has 0 bridgehead atoms. The van der Waals surface area contributed by atoms with Crippen LogP contribution >= 0.6 is 24.0 Å². The normalized spacial score (nSPS) is 17.0. The van der Waals surface area contributed by atoms with E-state index in [0.29, 0.717) is 6.54 Å². The summed E-state index contributed by atoms with van der Waals surface area (Å²) in [7, 11) is 0. The van der Waals surface area contributed by atoms with Gasteiger partial charge >= 0.3 is 0 Å². The first-order valence-electron chi connectivity index (χ1n) is 10.5. The Bertz CT molecular complexity index is 365. The minimum atomic E-state index is -0.654. The molecule has 1 heterocycles. The third-order valence-electron chi connectivity index (χ3n) is 5.31. The maximum atomic E-state index is 10.7. The van der Waals surface area contributed by atoms with E-state index >= 15 is 0 Å². The summed E-state index contributed by atoms with van der Waals surface area (Å²) in [4.78, 5) is 7.21. The molecule has 1 aliphatic heterocycles. The van der Waals surface area contributed by atoms with Gasteiger partial charge in [-0.1, -0.05) is 33.6 Å². The number of rotatable bonds is 11. The van der Waals surface area contributed by atoms with Crippen LogP contribution in [0.5, 0.6) is 0 Å². The summed E-state index contributed by atoms with van der Waals surface area (Å²) in [5.74, 6) is 1.68. The number of aliphatic imine (C=N–C) groups is 1. The highest BCUT2D eigenvalue weighted by Gasteiger charge is 2.24. The van der Waals surface area contributed by atoms with Crippen molar-refractivity contribution in [2.24, 2.45) is 10.9 Å². The molecular formula is C20H43IN4O. The fraction of sp³-hybridized carbons (Fsp3) is 0.950. The molecule has 3 N–H and O–H groups in total. The summed E-state index contributed by atoms with van der Waals surface area (Å²) >= 11 is 0. The van der Waals surface area contributed by atoms with Crippen molar-refractivity contribution in [2.45, 2.75) is 78.2 Å². The fourth-order valence-corrected chi connectivity index (χ4v) is 3.77. The van der Waals surface area contributed by atoms with E-state index in [1.807, 2.05) is 0 Å². The van der Waals surface area contributed by atoms with Crippen molar-refractivity contribution in [1.82, 2.24) is 15.5 Å². The highest BCUT2D eigenvalue weighted by molar-refractivity contribution is 14.0. The maximum absolute atomic E-state index is 10.7. The molecule has 0 aromatic heterocycles. The Morgan fingerprint density at radius 2 is 1.69 bits per heavy atom. The smallest absolute Gasteiger partial charge is 0.191 e. The number of hydrogen-bond acceptors (Lipinski definition) is 3. The second-order valence-corrected chi connectivity index (χ2v) is 7.51. The van der Waals surface area contributed by atoms with Gasteiger partial charge in [-0.05, 0) is 64.6 Å². The number of guanidine groups is 1. The molecule has 26 heavy (non-hydrogen) atoms. The standard InChI is InChI=1S/C20H42N4O.HI/c1-5-12-20(25,13-6-2)17-23-19(21-7-3)22-14-9-18-10-15-24(8-4)16-11-18;/h18,25H,5-17H2,1-4H3,(H2,21,22,23);1H. The predicted molar refractivity (Wildman–Crippen MR) is 124 cm³/mol. The highest BCUT2D eigenvalue weighted by atomic mass is 127. The van der Waals surface area contributed by atoms with E-state index in [-0.39, 0.29) is 24.0 Å². The van der Waals surface area contributed by atoms with Crippen molar-refractivity contribution in [3.8, 4) is 0 Å². The van der Waals surface area contributed by atoms with Crippen LogP contribution in [0.25, 0.3) is 0 Å². The minimum Gasteiger partial charge on any atom is -0.388 e. The third-order valence-corrected chi connectivity index (χ3v) is 5.31. The van der Waals surface area contributed by atoms with Crippen LogP contribution in [0.2, 0.25) is 0 Å². The van der Waals surface area contributed by atoms with Crippen LogP contribution < -0.4 is 10.6 Å². The molecule has 1 rings (SSSR count). The Morgan fingerprint density at radius 3 is 2.19 bits per heavy atom. The molecule has 0 saturated carbocycles. The number of halogens is 1. The van der Waals surface area contributed by atoms with Crippen LogP contribution in [0, 0.1) is 5.92 Å². The molecule has 0 aromatic carbocycles. The first-order valence-corrected chi connectivity index (χ1v) is 10.5. The molecular weight excluding hydrogens is 439 g/mol. The van der Waals surface area contributed by atoms with E-state index in [2.05, 4.69) is 48.2 Å². The summed E-state index contributed by atoms with van der Waals surface area (Å²) in [5, 5.41) is 17.5. The maximum Gasteiger partial charge on any atom is 0.191 e. The Kier molecular flexibility index (Phi) is 14.9. The first kappa shape index (κ1) is 25.9. The van der Waals surface area contributed by atoms with Crippen molar-refractivity contribution in [3.63, 3.8) is 0 Å². The molecule has 0 spiro atoms. The van der Waals surface area contributed by atoms with Gasteiger partial charge in [0.25, 0.3) is 0 Å². The predicted octanol–water partition coefficient (Wildman–Crippen LogP) is 3.61. The van der Waals surface area contributed by atoms with Crippen molar-refractivity contribution >= 4 is 29.9 Å². The second kappa shape index (κ2) is 14.9. The molecule has 0 unspecified atom stereocenters. The van der Waals surface area contributed by atoms with E-state index < -0.39 is 5.60 Å². The second-order valence-electron chi connectivity index (χ2n) is 7.51. The van der Waals surface area contributed by atoms with E-state index in [1.54, 1.807) is 0 Å². The van der Waals surface area contributed by atoms with Crippen molar-refractivity contribution < 1.29 is 5.11 Å². The van der Waals surface area contributed by atoms with Crippen LogP contribution in [0.3, 0.4) is 0 Å². The summed E-state index contributed by atoms with van der Waals surface area (Å²) in [6, 6.07) is 0. The van der Waals surface area contributed by atoms with Gasteiger partial charge in [-0.3, -0.25) is 4.99 Å². The van der Waals surface area contributed by atoms with Gasteiger partial charge in [-0.2, -0.15) is 0 Å². The van der Waals surface area contributed by atoms with Gasteiger partial charge in [0.15, 0.2) is 5.96 Å². The third kappa shape index (κ3) is 10.3. The molecule has 1 aliphatic rings. The molecule has 5 nitrogen and oxygen atoms in total. The molecule has 0 atom stereocenters. The Morgan fingerprint density at radius 1 is 1.08 bits per heavy atom. The molecule has 0 amide bonds. The summed E-state index contributed by atoms with van der Waals surface area (Å²) in [6.07, 6.45) is 7.46. The Labute approximate surface area is 178 Å². The molecule has 0 radical (unpaired) electrons. The van der Waals surface area contributed by atoms with Crippen LogP contribution in [0.4, 0.5) is 0 Å². The van der Waals surface area contributed by atoms with Gasteiger partial charge in [0.1, 0.15) is 0 Å². The summed E-state index contributed by atoms with van der Waals surface area (Å²) < 4.78 is 0. The lowest BCUT2D eigenvalue weighted by Gasteiger charge is -2.31. The topological polar surface area (TPSA) is 59.9 Å². The van der Waals surface area contributed by atoms with E-state index in [9.17, 15) is 5.11 Å². The first-order chi connectivity index (χ1) is 12.1. The SMILES string of the molecule is CCCC(O)(CCC)CN=C(NCC)NCCC1CCN(CC)CC1.I. The average Bonchev–Trinajstić information content (AvgIpc) is 2.61. The van der Waals surface area contributed by atoms with Gasteiger partial charge < -0.3 is 20.6 Å². The minimum absolute atomic E-state index is 0. The van der Waals surface area contributed by atoms with Crippen LogP contribution in [0.1, 0.15) is 72.6 Å². The Hall–Kier alpha value is -0.0800. The lowest BCUT2D eigenvalue weighted by Crippen LogP contribution is -2.41. The molecule has 1 fully saturated rings. The zero-order valence-corrected chi connectivity index (χ0v) is 19.8. The summed E-state index contributed by atoms with van der Waals surface area (Å²) in [6.45, 7) is 14.5. The Balaban J connectivity index is 0.00000625. The number of likely N-dealkylation sites (tertiary alicyclic amines) is 1. The molecule has 6 heteroatoms. The zero-order chi connectivity index (χ0) is 18.5. The van der Waals surface area contributed by atoms with Crippen LogP contribution in [-0.4, -0.2) is 60.8 Å². The van der Waals surface area contributed by atoms with Gasteiger partial charge in [0, 0.05) is 13.1 Å². The number of piperidine rings is 1. The molecule has 0 aromatic rings. The van der Waals surface area contributed by atoms with Gasteiger partial charge in [0.05, 0.1) is 12.1 Å². The van der Waals surface area contributed by atoms with Crippen LogP contribution in [0.15, 0.2) is 4.99 Å². The van der Waals surface area contributed by atoms with Gasteiger partial charge in [-0.15, -0.1) is 24.0 Å². The number of nitrogens with one attached hydrogen (secondary N) is 2. The lowest BCUT2D eigenvalue weighted by atomic mass is 9.93. The van der Waals surface area contributed by atoms with E-state index in [1.165, 1.54) is 38.9 Å². The number of aliphatic hydroxyl groups is 1. The molecule has 1 saturated heterocycles. The fourth-order valence-electron chi connectivity index (χ4n) is 3.77. The zero-order valence-electron chi connectivity index (χ0n) is 17.5. The monoisotopic (exact) mass is 482 g/mol. The number of nitrogens with zero attached hydrogens (tertiary/aromatic N) is 2. The highest BCUT2D eigenvalue weighted by Crippen LogP contribution is 2.20.